The number of hydrogen-bond donors (Lipinski definition) is 1. The quantitative estimate of drug-likeness (QED) is 0.856. The van der Waals surface area contributed by atoms with E-state index in [1.165, 1.54) is 6.07 Å². The lowest BCUT2D eigenvalue weighted by Crippen LogP contribution is -2.28. The van der Waals surface area contributed by atoms with E-state index in [0.717, 1.165) is 11.1 Å². The van der Waals surface area contributed by atoms with Crippen molar-refractivity contribution in [3.63, 3.8) is 0 Å². The summed E-state index contributed by atoms with van der Waals surface area (Å²) in [7, 11) is 1.88. The van der Waals surface area contributed by atoms with Crippen molar-refractivity contribution in [3.05, 3.63) is 29.7 Å². The molecule has 0 unspecified atom stereocenters. The van der Waals surface area contributed by atoms with Crippen LogP contribution < -0.4 is 5.32 Å². The van der Waals surface area contributed by atoms with E-state index in [-0.39, 0.29) is 11.9 Å². The van der Waals surface area contributed by atoms with Crippen molar-refractivity contribution < 1.29 is 9.13 Å². The number of nitrogens with one attached hydrogen (secondary N) is 1. The number of halogens is 1. The summed E-state index contributed by atoms with van der Waals surface area (Å²) < 4.78 is 21.2. The summed E-state index contributed by atoms with van der Waals surface area (Å²) in [5.41, 5.74) is 1.41. The van der Waals surface area contributed by atoms with Gasteiger partial charge in [0, 0.05) is 11.9 Å². The highest BCUT2D eigenvalue weighted by Gasteiger charge is 2.25. The fourth-order valence-corrected chi connectivity index (χ4v) is 2.35. The summed E-state index contributed by atoms with van der Waals surface area (Å²) in [6.07, 6.45) is -0.0550. The first-order valence-corrected chi connectivity index (χ1v) is 5.72. The first-order chi connectivity index (χ1) is 8.31. The Labute approximate surface area is 98.4 Å². The minimum atomic E-state index is -0.271. The van der Waals surface area contributed by atoms with Gasteiger partial charge in [-0.2, -0.15) is 5.10 Å². The molecule has 17 heavy (non-hydrogen) atoms. The van der Waals surface area contributed by atoms with Crippen molar-refractivity contribution in [3.8, 4) is 0 Å². The van der Waals surface area contributed by atoms with Crippen LogP contribution in [0.2, 0.25) is 0 Å². The molecule has 1 aromatic heterocycles. The second-order valence-corrected chi connectivity index (χ2v) is 4.16. The molecule has 0 bridgehead atoms. The van der Waals surface area contributed by atoms with E-state index in [1.54, 1.807) is 6.07 Å². The third-order valence-electron chi connectivity index (χ3n) is 3.08. The summed E-state index contributed by atoms with van der Waals surface area (Å²) in [6, 6.07) is 5.05. The van der Waals surface area contributed by atoms with Crippen molar-refractivity contribution in [2.45, 2.75) is 12.6 Å². The zero-order chi connectivity index (χ0) is 11.8. The number of fused-ring (bicyclic) bond motifs is 3. The van der Waals surface area contributed by atoms with Crippen molar-refractivity contribution >= 4 is 10.9 Å². The number of hydrogen-bond acceptors (Lipinski definition) is 3. The highest BCUT2D eigenvalue weighted by atomic mass is 19.1. The van der Waals surface area contributed by atoms with Gasteiger partial charge in [-0.3, -0.25) is 4.68 Å². The molecule has 5 heteroatoms. The lowest BCUT2D eigenvalue weighted by Gasteiger charge is -2.24. The molecule has 2 heterocycles. The molecule has 0 fully saturated rings. The molecular weight excluding hydrogens is 221 g/mol. The van der Waals surface area contributed by atoms with Gasteiger partial charge in [0.15, 0.2) is 5.82 Å². The van der Waals surface area contributed by atoms with E-state index < -0.39 is 0 Å². The third-order valence-corrected chi connectivity index (χ3v) is 3.08. The number of benzene rings is 1. The average molecular weight is 235 g/mol. The van der Waals surface area contributed by atoms with Gasteiger partial charge in [0.2, 0.25) is 0 Å². The van der Waals surface area contributed by atoms with Gasteiger partial charge in [-0.1, -0.05) is 12.1 Å². The summed E-state index contributed by atoms with van der Waals surface area (Å²) >= 11 is 0. The van der Waals surface area contributed by atoms with Gasteiger partial charge in [-0.05, 0) is 13.1 Å². The molecule has 0 radical (unpaired) electrons. The Morgan fingerprint density at radius 3 is 3.29 bits per heavy atom. The highest BCUT2D eigenvalue weighted by Crippen LogP contribution is 2.30. The maximum absolute atomic E-state index is 13.7. The number of likely N-dealkylation sites (N-methyl/N-ethyl adjacent to an activating group) is 1. The molecule has 2 aromatic rings. The molecule has 0 aliphatic carbocycles. The molecular formula is C12H14FN3O. The molecule has 0 spiro atoms. The van der Waals surface area contributed by atoms with Crippen LogP contribution in [0.25, 0.3) is 10.9 Å². The maximum atomic E-state index is 13.7. The van der Waals surface area contributed by atoms with Gasteiger partial charge < -0.3 is 10.1 Å². The largest absolute Gasteiger partial charge is 0.369 e. The van der Waals surface area contributed by atoms with Crippen LogP contribution >= 0.6 is 0 Å². The summed E-state index contributed by atoms with van der Waals surface area (Å²) in [5.74, 6) is -0.271. The van der Waals surface area contributed by atoms with Gasteiger partial charge >= 0.3 is 0 Å². The summed E-state index contributed by atoms with van der Waals surface area (Å²) in [5, 5.41) is 8.26. The molecule has 0 saturated carbocycles. The standard InChI is InChI=1S/C12H14FN3O/c1-14-7-10-12-8-3-2-4-9(13)11(8)15-16(12)5-6-17-10/h2-4,10,14H,5-7H2,1H3/t10-/m1/s1. The van der Waals surface area contributed by atoms with Gasteiger partial charge in [-0.25, -0.2) is 4.39 Å². The summed E-state index contributed by atoms with van der Waals surface area (Å²) in [4.78, 5) is 0. The Kier molecular flexibility index (Phi) is 2.57. The van der Waals surface area contributed by atoms with Crippen LogP contribution in [0.3, 0.4) is 0 Å². The zero-order valence-electron chi connectivity index (χ0n) is 9.61. The van der Waals surface area contributed by atoms with Crippen molar-refractivity contribution in [1.82, 2.24) is 15.1 Å². The Balaban J connectivity index is 2.20. The SMILES string of the molecule is CNC[C@H]1OCCn2nc3c(F)cccc3c21. The molecule has 90 valence electrons. The molecule has 0 amide bonds. The summed E-state index contributed by atoms with van der Waals surface area (Å²) in [6.45, 7) is 2.01. The van der Waals surface area contributed by atoms with E-state index in [1.807, 2.05) is 17.8 Å². The second kappa shape index (κ2) is 4.09. The minimum Gasteiger partial charge on any atom is -0.369 e. The Bertz CT molecular complexity index is 552. The van der Waals surface area contributed by atoms with Crippen molar-refractivity contribution in [1.29, 1.82) is 0 Å². The van der Waals surface area contributed by atoms with Crippen LogP contribution in [0.1, 0.15) is 11.8 Å². The topological polar surface area (TPSA) is 39.1 Å². The van der Waals surface area contributed by atoms with Crippen LogP contribution in [0.5, 0.6) is 0 Å². The normalized spacial score (nSPS) is 19.5. The van der Waals surface area contributed by atoms with E-state index in [0.29, 0.717) is 25.2 Å². The molecule has 4 nitrogen and oxygen atoms in total. The second-order valence-electron chi connectivity index (χ2n) is 4.16. The van der Waals surface area contributed by atoms with E-state index >= 15 is 0 Å². The van der Waals surface area contributed by atoms with Crippen LogP contribution in [-0.4, -0.2) is 30.0 Å². The molecule has 1 atom stereocenters. The highest BCUT2D eigenvalue weighted by molar-refractivity contribution is 5.82. The number of rotatable bonds is 2. The smallest absolute Gasteiger partial charge is 0.151 e. The van der Waals surface area contributed by atoms with Crippen LogP contribution in [0, 0.1) is 5.82 Å². The molecule has 1 aromatic carbocycles. The molecule has 1 N–H and O–H groups in total. The molecule has 1 aliphatic heterocycles. The maximum Gasteiger partial charge on any atom is 0.151 e. The van der Waals surface area contributed by atoms with Gasteiger partial charge in [0.05, 0.1) is 18.8 Å². The lowest BCUT2D eigenvalue weighted by molar-refractivity contribution is 0.0195. The van der Waals surface area contributed by atoms with Crippen molar-refractivity contribution in [2.75, 3.05) is 20.2 Å². The molecule has 0 saturated heterocycles. The Morgan fingerprint density at radius 1 is 1.59 bits per heavy atom. The lowest BCUT2D eigenvalue weighted by atomic mass is 10.1. The van der Waals surface area contributed by atoms with E-state index in [4.69, 9.17) is 4.74 Å². The van der Waals surface area contributed by atoms with Gasteiger partial charge in [0.1, 0.15) is 11.6 Å². The van der Waals surface area contributed by atoms with Crippen LogP contribution in [0.15, 0.2) is 18.2 Å². The first kappa shape index (κ1) is 10.7. The average Bonchev–Trinajstić information content (AvgIpc) is 2.71. The fraction of sp³-hybridized carbons (Fsp3) is 0.417. The Hall–Kier alpha value is -1.46. The fourth-order valence-electron chi connectivity index (χ4n) is 2.35. The van der Waals surface area contributed by atoms with Crippen molar-refractivity contribution in [2.24, 2.45) is 0 Å². The van der Waals surface area contributed by atoms with E-state index in [2.05, 4.69) is 10.4 Å². The zero-order valence-corrected chi connectivity index (χ0v) is 9.61. The predicted molar refractivity (Wildman–Crippen MR) is 62.3 cm³/mol. The first-order valence-electron chi connectivity index (χ1n) is 5.72. The number of nitrogens with zero attached hydrogens (tertiary/aromatic N) is 2. The molecule has 3 rings (SSSR count). The van der Waals surface area contributed by atoms with Gasteiger partial charge in [0.25, 0.3) is 0 Å². The minimum absolute atomic E-state index is 0.0550. The van der Waals surface area contributed by atoms with E-state index in [9.17, 15) is 4.39 Å². The third kappa shape index (κ3) is 1.62. The Morgan fingerprint density at radius 2 is 2.47 bits per heavy atom. The molecule has 1 aliphatic rings. The number of aromatic nitrogens is 2. The number of ether oxygens (including phenoxy) is 1. The van der Waals surface area contributed by atoms with Crippen LogP contribution in [-0.2, 0) is 11.3 Å². The monoisotopic (exact) mass is 235 g/mol. The van der Waals surface area contributed by atoms with Crippen LogP contribution in [0.4, 0.5) is 4.39 Å². The van der Waals surface area contributed by atoms with Gasteiger partial charge in [-0.15, -0.1) is 0 Å². The predicted octanol–water partition coefficient (Wildman–Crippen LogP) is 1.47.